The molecule has 66 valence electrons. The average molecular weight is 166 g/mol. The molecular weight excluding hydrogens is 152 g/mol. The molecule has 1 rings (SSSR count). The van der Waals surface area contributed by atoms with Gasteiger partial charge in [0.15, 0.2) is 0 Å². The minimum absolute atomic E-state index is 0.142. The van der Waals surface area contributed by atoms with Crippen LogP contribution in [0.15, 0.2) is 12.2 Å². The third-order valence-electron chi connectivity index (χ3n) is 2.13. The predicted octanol–water partition coefficient (Wildman–Crippen LogP) is 0.523. The van der Waals surface area contributed by atoms with Gasteiger partial charge in [0.25, 0.3) is 0 Å². The van der Waals surface area contributed by atoms with Gasteiger partial charge in [-0.2, -0.15) is 5.26 Å². The number of hydrogen-bond acceptors (Lipinski definition) is 3. The molecule has 0 amide bonds. The van der Waals surface area contributed by atoms with Crippen molar-refractivity contribution in [1.29, 1.82) is 5.26 Å². The van der Waals surface area contributed by atoms with E-state index in [-0.39, 0.29) is 6.10 Å². The van der Waals surface area contributed by atoms with E-state index in [2.05, 4.69) is 11.5 Å². The summed E-state index contributed by atoms with van der Waals surface area (Å²) in [5, 5.41) is 17.7. The maximum atomic E-state index is 9.20. The van der Waals surface area contributed by atoms with Crippen LogP contribution in [0.1, 0.15) is 12.8 Å². The van der Waals surface area contributed by atoms with Crippen molar-refractivity contribution in [1.82, 2.24) is 4.90 Å². The molecular formula is C9H14N2O. The molecule has 0 aliphatic carbocycles. The summed E-state index contributed by atoms with van der Waals surface area (Å²) >= 11 is 0. The number of likely N-dealkylation sites (tertiary alicyclic amines) is 1. The van der Waals surface area contributed by atoms with Crippen molar-refractivity contribution in [2.45, 2.75) is 18.9 Å². The number of hydrogen-bond donors (Lipinski definition) is 1. The maximum absolute atomic E-state index is 9.20. The second kappa shape index (κ2) is 4.24. The summed E-state index contributed by atoms with van der Waals surface area (Å²) in [7, 11) is 0. The minimum Gasteiger partial charge on any atom is -0.393 e. The van der Waals surface area contributed by atoms with Crippen LogP contribution in [0.4, 0.5) is 0 Å². The highest BCUT2D eigenvalue weighted by Gasteiger charge is 2.16. The molecule has 0 unspecified atom stereocenters. The fourth-order valence-corrected chi connectivity index (χ4v) is 1.38. The Kier molecular flexibility index (Phi) is 3.27. The summed E-state index contributed by atoms with van der Waals surface area (Å²) < 4.78 is 0. The number of piperidine rings is 1. The SMILES string of the molecule is C=C(C#N)CN1CCC(O)CC1. The molecule has 1 heterocycles. The van der Waals surface area contributed by atoms with Crippen LogP contribution in [-0.4, -0.2) is 35.7 Å². The molecule has 12 heavy (non-hydrogen) atoms. The largest absolute Gasteiger partial charge is 0.393 e. The van der Waals surface area contributed by atoms with Crippen molar-refractivity contribution < 1.29 is 5.11 Å². The van der Waals surface area contributed by atoms with Gasteiger partial charge in [-0.1, -0.05) is 6.58 Å². The monoisotopic (exact) mass is 166 g/mol. The van der Waals surface area contributed by atoms with E-state index in [9.17, 15) is 5.11 Å². The zero-order valence-electron chi connectivity index (χ0n) is 7.16. The molecule has 1 N–H and O–H groups in total. The summed E-state index contributed by atoms with van der Waals surface area (Å²) in [5.74, 6) is 0. The average Bonchev–Trinajstić information content (AvgIpc) is 2.09. The number of nitriles is 1. The Bertz CT molecular complexity index is 199. The fraction of sp³-hybridized carbons (Fsp3) is 0.667. The molecule has 0 radical (unpaired) electrons. The Morgan fingerprint density at radius 2 is 2.17 bits per heavy atom. The van der Waals surface area contributed by atoms with Gasteiger partial charge in [-0.3, -0.25) is 4.90 Å². The van der Waals surface area contributed by atoms with Crippen LogP contribution in [0.25, 0.3) is 0 Å². The van der Waals surface area contributed by atoms with Crippen molar-refractivity contribution in [2.75, 3.05) is 19.6 Å². The highest BCUT2D eigenvalue weighted by Crippen LogP contribution is 2.10. The van der Waals surface area contributed by atoms with Crippen LogP contribution in [0.3, 0.4) is 0 Å². The summed E-state index contributed by atoms with van der Waals surface area (Å²) in [4.78, 5) is 2.15. The maximum Gasteiger partial charge on any atom is 0.0954 e. The van der Waals surface area contributed by atoms with Gasteiger partial charge in [0.05, 0.1) is 12.2 Å². The standard InChI is InChI=1S/C9H14N2O/c1-8(6-10)7-11-4-2-9(12)3-5-11/h9,12H,1-5,7H2. The van der Waals surface area contributed by atoms with E-state index in [1.165, 1.54) is 0 Å². The number of aliphatic hydroxyl groups is 1. The quantitative estimate of drug-likeness (QED) is 0.608. The zero-order chi connectivity index (χ0) is 8.97. The molecule has 1 aliphatic rings. The summed E-state index contributed by atoms with van der Waals surface area (Å²) in [6, 6.07) is 2.02. The van der Waals surface area contributed by atoms with Gasteiger partial charge < -0.3 is 5.11 Å². The van der Waals surface area contributed by atoms with Gasteiger partial charge in [-0.25, -0.2) is 0 Å². The first-order chi connectivity index (χ1) is 5.72. The number of nitrogens with zero attached hydrogens (tertiary/aromatic N) is 2. The first-order valence-electron chi connectivity index (χ1n) is 4.20. The summed E-state index contributed by atoms with van der Waals surface area (Å²) in [5.41, 5.74) is 0.603. The van der Waals surface area contributed by atoms with Gasteiger partial charge in [-0.05, 0) is 12.8 Å². The Morgan fingerprint density at radius 3 is 2.67 bits per heavy atom. The van der Waals surface area contributed by atoms with E-state index in [0.717, 1.165) is 25.9 Å². The van der Waals surface area contributed by atoms with Gasteiger partial charge >= 0.3 is 0 Å². The molecule has 1 saturated heterocycles. The highest BCUT2D eigenvalue weighted by molar-refractivity contribution is 5.17. The normalized spacial score (nSPS) is 20.3. The third-order valence-corrected chi connectivity index (χ3v) is 2.13. The Hall–Kier alpha value is -0.850. The first-order valence-corrected chi connectivity index (χ1v) is 4.20. The molecule has 0 aromatic rings. The number of rotatable bonds is 2. The van der Waals surface area contributed by atoms with E-state index >= 15 is 0 Å². The van der Waals surface area contributed by atoms with Crippen LogP contribution in [0.2, 0.25) is 0 Å². The second-order valence-corrected chi connectivity index (χ2v) is 3.22. The first kappa shape index (κ1) is 9.24. The van der Waals surface area contributed by atoms with E-state index in [0.29, 0.717) is 12.1 Å². The van der Waals surface area contributed by atoms with Gasteiger partial charge in [0.2, 0.25) is 0 Å². The van der Waals surface area contributed by atoms with Crippen LogP contribution in [0.5, 0.6) is 0 Å². The van der Waals surface area contributed by atoms with Crippen molar-refractivity contribution in [3.8, 4) is 6.07 Å². The molecule has 0 aromatic carbocycles. The van der Waals surface area contributed by atoms with E-state index in [4.69, 9.17) is 5.26 Å². The molecule has 1 aliphatic heterocycles. The fourth-order valence-electron chi connectivity index (χ4n) is 1.38. The predicted molar refractivity (Wildman–Crippen MR) is 46.4 cm³/mol. The smallest absolute Gasteiger partial charge is 0.0954 e. The molecule has 3 heteroatoms. The van der Waals surface area contributed by atoms with Gasteiger partial charge in [0, 0.05) is 25.2 Å². The Balaban J connectivity index is 2.27. The van der Waals surface area contributed by atoms with Crippen LogP contribution in [0, 0.1) is 11.3 Å². The molecule has 0 atom stereocenters. The summed E-state index contributed by atoms with van der Waals surface area (Å²) in [6.07, 6.45) is 1.49. The van der Waals surface area contributed by atoms with E-state index < -0.39 is 0 Å². The molecule has 0 spiro atoms. The second-order valence-electron chi connectivity index (χ2n) is 3.22. The molecule has 0 aromatic heterocycles. The van der Waals surface area contributed by atoms with Crippen molar-refractivity contribution in [3.05, 3.63) is 12.2 Å². The molecule has 0 bridgehead atoms. The zero-order valence-corrected chi connectivity index (χ0v) is 7.16. The van der Waals surface area contributed by atoms with Crippen molar-refractivity contribution in [2.24, 2.45) is 0 Å². The molecule has 3 nitrogen and oxygen atoms in total. The topological polar surface area (TPSA) is 47.3 Å². The van der Waals surface area contributed by atoms with Crippen LogP contribution in [-0.2, 0) is 0 Å². The Labute approximate surface area is 72.9 Å². The lowest BCUT2D eigenvalue weighted by Crippen LogP contribution is -2.36. The summed E-state index contributed by atoms with van der Waals surface area (Å²) in [6.45, 7) is 6.03. The Morgan fingerprint density at radius 1 is 1.58 bits per heavy atom. The van der Waals surface area contributed by atoms with Crippen LogP contribution >= 0.6 is 0 Å². The van der Waals surface area contributed by atoms with Gasteiger partial charge in [0.1, 0.15) is 0 Å². The lowest BCUT2D eigenvalue weighted by molar-refractivity contribution is 0.0873. The number of aliphatic hydroxyl groups excluding tert-OH is 1. The lowest BCUT2D eigenvalue weighted by Gasteiger charge is -2.28. The highest BCUT2D eigenvalue weighted by atomic mass is 16.3. The third kappa shape index (κ3) is 2.65. The van der Waals surface area contributed by atoms with E-state index in [1.54, 1.807) is 0 Å². The molecule has 1 fully saturated rings. The van der Waals surface area contributed by atoms with Crippen molar-refractivity contribution in [3.63, 3.8) is 0 Å². The van der Waals surface area contributed by atoms with Crippen LogP contribution < -0.4 is 0 Å². The molecule has 0 saturated carbocycles. The lowest BCUT2D eigenvalue weighted by atomic mass is 10.1. The minimum atomic E-state index is -0.142. The van der Waals surface area contributed by atoms with E-state index in [1.807, 2.05) is 6.07 Å². The van der Waals surface area contributed by atoms with Crippen molar-refractivity contribution >= 4 is 0 Å². The van der Waals surface area contributed by atoms with Gasteiger partial charge in [-0.15, -0.1) is 0 Å².